The number of carbonyl (C=O) groups excluding carboxylic acids is 1. The fraction of sp³-hybridized carbons (Fsp3) is 0.143. The molecule has 2 rings (SSSR count). The maximum absolute atomic E-state index is 10.8. The molecule has 2 aromatic rings. The summed E-state index contributed by atoms with van der Waals surface area (Å²) in [7, 11) is 1.54. The van der Waals surface area contributed by atoms with Crippen LogP contribution in [0.2, 0.25) is 0 Å². The van der Waals surface area contributed by atoms with Crippen molar-refractivity contribution >= 4 is 16.7 Å². The molecule has 19 heavy (non-hydrogen) atoms. The number of rotatable bonds is 4. The third-order valence-corrected chi connectivity index (χ3v) is 2.62. The molecule has 0 saturated heterocycles. The maximum atomic E-state index is 10.8. The Morgan fingerprint density at radius 1 is 1.37 bits per heavy atom. The molecule has 0 bridgehead atoms. The molecule has 0 aromatic heterocycles. The van der Waals surface area contributed by atoms with Crippen molar-refractivity contribution in [1.82, 2.24) is 0 Å². The van der Waals surface area contributed by atoms with E-state index in [9.17, 15) is 4.79 Å². The Hall–Kier alpha value is -2.74. The van der Waals surface area contributed by atoms with Crippen LogP contribution in [0.25, 0.3) is 10.8 Å². The molecule has 0 unspecified atom stereocenters. The van der Waals surface area contributed by atoms with E-state index in [4.69, 9.17) is 20.5 Å². The first-order valence-electron chi connectivity index (χ1n) is 5.57. The quantitative estimate of drug-likeness (QED) is 0.899. The Kier molecular flexibility index (Phi) is 3.53. The normalized spacial score (nSPS) is 9.89. The van der Waals surface area contributed by atoms with Gasteiger partial charge in [-0.15, -0.1) is 0 Å². The van der Waals surface area contributed by atoms with Gasteiger partial charge in [0, 0.05) is 11.5 Å². The first-order chi connectivity index (χ1) is 9.13. The Bertz CT molecular complexity index is 674. The summed E-state index contributed by atoms with van der Waals surface area (Å²) in [6.45, 7) is -0.223. The summed E-state index contributed by atoms with van der Waals surface area (Å²) < 4.78 is 10.5. The highest BCUT2D eigenvalue weighted by molar-refractivity contribution is 5.91. The zero-order chi connectivity index (χ0) is 13.8. The summed E-state index contributed by atoms with van der Waals surface area (Å²) in [5, 5.41) is 10.5. The van der Waals surface area contributed by atoms with Crippen LogP contribution in [-0.2, 0) is 4.79 Å². The number of primary amides is 1. The molecule has 0 aliphatic carbocycles. The predicted molar refractivity (Wildman–Crippen MR) is 69.9 cm³/mol. The van der Waals surface area contributed by atoms with E-state index in [1.165, 1.54) is 0 Å². The van der Waals surface area contributed by atoms with Crippen LogP contribution < -0.4 is 15.2 Å². The van der Waals surface area contributed by atoms with E-state index in [-0.39, 0.29) is 6.61 Å². The first kappa shape index (κ1) is 12.7. The summed E-state index contributed by atoms with van der Waals surface area (Å²) in [5.74, 6) is 0.509. The van der Waals surface area contributed by atoms with E-state index in [0.29, 0.717) is 17.1 Å². The number of nitriles is 1. The second-order valence-corrected chi connectivity index (χ2v) is 3.93. The zero-order valence-corrected chi connectivity index (χ0v) is 10.3. The summed E-state index contributed by atoms with van der Waals surface area (Å²) in [5.41, 5.74) is 5.58. The molecule has 96 valence electrons. The van der Waals surface area contributed by atoms with E-state index in [0.717, 1.165) is 10.8 Å². The fourth-order valence-corrected chi connectivity index (χ4v) is 1.75. The standard InChI is InChI=1S/C14H12N2O3/c1-18-11-5-10-3-2-9(7-15)4-12(10)13(6-11)19-8-14(16)17/h2-6H,8H2,1H3,(H2,16,17). The third-order valence-electron chi connectivity index (χ3n) is 2.62. The minimum atomic E-state index is -0.563. The largest absolute Gasteiger partial charge is 0.497 e. The highest BCUT2D eigenvalue weighted by atomic mass is 16.5. The Morgan fingerprint density at radius 3 is 2.79 bits per heavy atom. The monoisotopic (exact) mass is 256 g/mol. The molecule has 0 aliphatic rings. The van der Waals surface area contributed by atoms with Gasteiger partial charge in [0.25, 0.3) is 5.91 Å². The number of amides is 1. The van der Waals surface area contributed by atoms with Crippen LogP contribution in [-0.4, -0.2) is 19.6 Å². The molecule has 0 radical (unpaired) electrons. The predicted octanol–water partition coefficient (Wildman–Crippen LogP) is 1.58. The van der Waals surface area contributed by atoms with Crippen molar-refractivity contribution in [3.63, 3.8) is 0 Å². The summed E-state index contributed by atoms with van der Waals surface area (Å²) in [4.78, 5) is 10.8. The summed E-state index contributed by atoms with van der Waals surface area (Å²) in [6.07, 6.45) is 0. The van der Waals surface area contributed by atoms with Crippen molar-refractivity contribution in [2.75, 3.05) is 13.7 Å². The van der Waals surface area contributed by atoms with Gasteiger partial charge in [0.1, 0.15) is 11.5 Å². The molecular formula is C14H12N2O3. The van der Waals surface area contributed by atoms with E-state index in [1.807, 2.05) is 6.07 Å². The van der Waals surface area contributed by atoms with Gasteiger partial charge in [-0.2, -0.15) is 5.26 Å². The van der Waals surface area contributed by atoms with Gasteiger partial charge in [-0.3, -0.25) is 4.79 Å². The van der Waals surface area contributed by atoms with Gasteiger partial charge in [-0.1, -0.05) is 6.07 Å². The van der Waals surface area contributed by atoms with Crippen LogP contribution in [0.5, 0.6) is 11.5 Å². The average molecular weight is 256 g/mol. The topological polar surface area (TPSA) is 85.3 Å². The van der Waals surface area contributed by atoms with Crippen LogP contribution in [0, 0.1) is 11.3 Å². The SMILES string of the molecule is COc1cc(OCC(N)=O)c2cc(C#N)ccc2c1. The van der Waals surface area contributed by atoms with Crippen molar-refractivity contribution in [3.05, 3.63) is 35.9 Å². The zero-order valence-electron chi connectivity index (χ0n) is 10.3. The number of hydrogen-bond acceptors (Lipinski definition) is 4. The molecule has 0 spiro atoms. The number of nitrogens with two attached hydrogens (primary N) is 1. The second-order valence-electron chi connectivity index (χ2n) is 3.93. The third kappa shape index (κ3) is 2.75. The lowest BCUT2D eigenvalue weighted by Crippen LogP contribution is -2.20. The molecular weight excluding hydrogens is 244 g/mol. The number of fused-ring (bicyclic) bond motifs is 1. The van der Waals surface area contributed by atoms with Gasteiger partial charge in [0.15, 0.2) is 6.61 Å². The van der Waals surface area contributed by atoms with Crippen molar-refractivity contribution in [3.8, 4) is 17.6 Å². The fourth-order valence-electron chi connectivity index (χ4n) is 1.75. The summed E-state index contributed by atoms with van der Waals surface area (Å²) in [6, 6.07) is 10.8. The molecule has 5 heteroatoms. The molecule has 2 N–H and O–H groups in total. The number of ether oxygens (including phenoxy) is 2. The second kappa shape index (κ2) is 5.27. The van der Waals surface area contributed by atoms with E-state index in [2.05, 4.69) is 6.07 Å². The Labute approximate surface area is 110 Å². The van der Waals surface area contributed by atoms with Crippen LogP contribution in [0.4, 0.5) is 0 Å². The molecule has 0 aliphatic heterocycles. The van der Waals surface area contributed by atoms with Gasteiger partial charge in [-0.05, 0) is 23.6 Å². The smallest absolute Gasteiger partial charge is 0.255 e. The van der Waals surface area contributed by atoms with Crippen LogP contribution in [0.15, 0.2) is 30.3 Å². The van der Waals surface area contributed by atoms with Gasteiger partial charge in [-0.25, -0.2) is 0 Å². The van der Waals surface area contributed by atoms with Crippen molar-refractivity contribution < 1.29 is 14.3 Å². The molecule has 2 aromatic carbocycles. The van der Waals surface area contributed by atoms with Crippen LogP contribution in [0.1, 0.15) is 5.56 Å². The lowest BCUT2D eigenvalue weighted by atomic mass is 10.1. The number of benzene rings is 2. The molecule has 5 nitrogen and oxygen atoms in total. The molecule has 0 fully saturated rings. The minimum Gasteiger partial charge on any atom is -0.497 e. The lowest BCUT2D eigenvalue weighted by molar-refractivity contribution is -0.119. The van der Waals surface area contributed by atoms with Crippen LogP contribution >= 0.6 is 0 Å². The van der Waals surface area contributed by atoms with E-state index < -0.39 is 5.91 Å². The van der Waals surface area contributed by atoms with Gasteiger partial charge in [0.2, 0.25) is 0 Å². The minimum absolute atomic E-state index is 0.223. The first-order valence-corrected chi connectivity index (χ1v) is 5.57. The maximum Gasteiger partial charge on any atom is 0.255 e. The number of hydrogen-bond donors (Lipinski definition) is 1. The van der Waals surface area contributed by atoms with E-state index in [1.54, 1.807) is 31.4 Å². The number of carbonyl (C=O) groups is 1. The highest BCUT2D eigenvalue weighted by Gasteiger charge is 2.08. The van der Waals surface area contributed by atoms with E-state index >= 15 is 0 Å². The van der Waals surface area contributed by atoms with Gasteiger partial charge >= 0.3 is 0 Å². The Morgan fingerprint density at radius 2 is 2.16 bits per heavy atom. The van der Waals surface area contributed by atoms with Gasteiger partial charge < -0.3 is 15.2 Å². The number of nitrogens with zero attached hydrogens (tertiary/aromatic N) is 1. The lowest BCUT2D eigenvalue weighted by Gasteiger charge is -2.10. The molecule has 0 atom stereocenters. The van der Waals surface area contributed by atoms with Crippen molar-refractivity contribution in [2.24, 2.45) is 5.73 Å². The molecule has 0 heterocycles. The van der Waals surface area contributed by atoms with Gasteiger partial charge in [0.05, 0.1) is 18.7 Å². The Balaban J connectivity index is 2.56. The molecule has 1 amide bonds. The van der Waals surface area contributed by atoms with Crippen molar-refractivity contribution in [1.29, 1.82) is 5.26 Å². The number of methoxy groups -OCH3 is 1. The molecule has 0 saturated carbocycles. The summed E-state index contributed by atoms with van der Waals surface area (Å²) >= 11 is 0. The highest BCUT2D eigenvalue weighted by Crippen LogP contribution is 2.31. The average Bonchev–Trinajstić information content (AvgIpc) is 2.43. The van der Waals surface area contributed by atoms with Crippen molar-refractivity contribution in [2.45, 2.75) is 0 Å². The van der Waals surface area contributed by atoms with Crippen LogP contribution in [0.3, 0.4) is 0 Å².